The predicted molar refractivity (Wildman–Crippen MR) is 53.8 cm³/mol. The number of hydrogen-bond donors (Lipinski definition) is 0. The van der Waals surface area contributed by atoms with Crippen LogP contribution in [-0.4, -0.2) is 14.2 Å². The molecule has 0 heterocycles. The lowest BCUT2D eigenvalue weighted by Gasteiger charge is -2.11. The van der Waals surface area contributed by atoms with Crippen LogP contribution in [0, 0.1) is 17.1 Å². The molecule has 0 aliphatic rings. The molecular formula is C10H9ClFNO2. The average Bonchev–Trinajstić information content (AvgIpc) is 2.25. The molecule has 0 atom stereocenters. The van der Waals surface area contributed by atoms with Crippen molar-refractivity contribution < 1.29 is 13.9 Å². The highest BCUT2D eigenvalue weighted by Gasteiger charge is 2.17. The Labute approximate surface area is 92.0 Å². The molecule has 0 saturated carbocycles. The third-order valence-corrected chi connectivity index (χ3v) is 2.28. The molecule has 1 aromatic carbocycles. The summed E-state index contributed by atoms with van der Waals surface area (Å²) in [5.41, 5.74) is 0.144. The van der Waals surface area contributed by atoms with Gasteiger partial charge in [0.2, 0.25) is 0 Å². The second-order valence-corrected chi connectivity index (χ2v) is 3.10. The second-order valence-electron chi connectivity index (χ2n) is 2.72. The van der Waals surface area contributed by atoms with Crippen LogP contribution in [0.4, 0.5) is 4.39 Å². The zero-order valence-corrected chi connectivity index (χ0v) is 9.06. The van der Waals surface area contributed by atoms with Crippen LogP contribution in [0.2, 0.25) is 5.02 Å². The minimum absolute atomic E-state index is 0.0985. The molecular weight excluding hydrogens is 221 g/mol. The van der Waals surface area contributed by atoms with Gasteiger partial charge in [-0.05, 0) is 0 Å². The molecule has 5 heteroatoms. The smallest absolute Gasteiger partial charge is 0.153 e. The summed E-state index contributed by atoms with van der Waals surface area (Å²) in [7, 11) is 2.77. The third kappa shape index (κ3) is 2.13. The summed E-state index contributed by atoms with van der Waals surface area (Å²) in [4.78, 5) is 0. The fourth-order valence-electron chi connectivity index (χ4n) is 1.19. The molecule has 15 heavy (non-hydrogen) atoms. The van der Waals surface area contributed by atoms with Gasteiger partial charge in [0.25, 0.3) is 0 Å². The molecule has 3 nitrogen and oxygen atoms in total. The fourth-order valence-corrected chi connectivity index (χ4v) is 1.44. The zero-order valence-electron chi connectivity index (χ0n) is 8.30. The first-order valence-corrected chi connectivity index (χ1v) is 4.49. The van der Waals surface area contributed by atoms with Crippen LogP contribution in [0.25, 0.3) is 0 Å². The van der Waals surface area contributed by atoms with Gasteiger partial charge < -0.3 is 9.47 Å². The normalized spacial score (nSPS) is 9.53. The van der Waals surface area contributed by atoms with Crippen molar-refractivity contribution in [3.63, 3.8) is 0 Å². The van der Waals surface area contributed by atoms with E-state index in [1.807, 2.05) is 6.07 Å². The minimum Gasteiger partial charge on any atom is -0.496 e. The summed E-state index contributed by atoms with van der Waals surface area (Å²) in [6, 6.07) is 3.30. The molecule has 0 unspecified atom stereocenters. The quantitative estimate of drug-likeness (QED) is 0.800. The van der Waals surface area contributed by atoms with Crippen molar-refractivity contribution in [2.45, 2.75) is 6.42 Å². The van der Waals surface area contributed by atoms with E-state index < -0.39 is 5.82 Å². The number of benzene rings is 1. The maximum Gasteiger partial charge on any atom is 0.153 e. The Morgan fingerprint density at radius 1 is 1.40 bits per heavy atom. The van der Waals surface area contributed by atoms with Gasteiger partial charge in [0.1, 0.15) is 16.5 Å². The summed E-state index contributed by atoms with van der Waals surface area (Å²) in [5, 5.41) is 8.40. The summed E-state index contributed by atoms with van der Waals surface area (Å²) < 4.78 is 23.5. The minimum atomic E-state index is -0.672. The van der Waals surface area contributed by atoms with E-state index in [0.717, 1.165) is 0 Å². The number of methoxy groups -OCH3 is 2. The van der Waals surface area contributed by atoms with Gasteiger partial charge in [-0.1, -0.05) is 11.6 Å². The van der Waals surface area contributed by atoms with Gasteiger partial charge in [-0.15, -0.1) is 0 Å². The first kappa shape index (κ1) is 11.6. The Morgan fingerprint density at radius 3 is 2.47 bits per heavy atom. The third-order valence-electron chi connectivity index (χ3n) is 1.93. The molecule has 0 aliphatic heterocycles. The SMILES string of the molecule is COc1cc(OC)c(CC#N)c(F)c1Cl. The summed E-state index contributed by atoms with van der Waals surface area (Å²) in [6.45, 7) is 0. The largest absolute Gasteiger partial charge is 0.496 e. The molecule has 1 aromatic rings. The number of nitriles is 1. The maximum absolute atomic E-state index is 13.6. The van der Waals surface area contributed by atoms with Gasteiger partial charge >= 0.3 is 0 Å². The van der Waals surface area contributed by atoms with Crippen molar-refractivity contribution in [2.75, 3.05) is 14.2 Å². The highest BCUT2D eigenvalue weighted by Crippen LogP contribution is 2.36. The first-order chi connectivity index (χ1) is 7.15. The van der Waals surface area contributed by atoms with E-state index in [4.69, 9.17) is 26.3 Å². The van der Waals surface area contributed by atoms with Gasteiger partial charge in [0.05, 0.1) is 26.7 Å². The lowest BCUT2D eigenvalue weighted by Crippen LogP contribution is -1.98. The van der Waals surface area contributed by atoms with Crippen LogP contribution >= 0.6 is 11.6 Å². The molecule has 0 aliphatic carbocycles. The molecule has 0 bridgehead atoms. The number of nitrogens with zero attached hydrogens (tertiary/aromatic N) is 1. The Hall–Kier alpha value is -1.47. The van der Waals surface area contributed by atoms with E-state index in [1.54, 1.807) is 0 Å². The van der Waals surface area contributed by atoms with Crippen LogP contribution in [0.15, 0.2) is 6.07 Å². The van der Waals surface area contributed by atoms with Crippen LogP contribution in [0.1, 0.15) is 5.56 Å². The fraction of sp³-hybridized carbons (Fsp3) is 0.300. The number of rotatable bonds is 3. The van der Waals surface area contributed by atoms with E-state index in [9.17, 15) is 4.39 Å². The molecule has 0 radical (unpaired) electrons. The molecule has 1 rings (SSSR count). The highest BCUT2D eigenvalue weighted by atomic mass is 35.5. The zero-order chi connectivity index (χ0) is 11.4. The molecule has 0 N–H and O–H groups in total. The first-order valence-electron chi connectivity index (χ1n) is 4.11. The monoisotopic (exact) mass is 229 g/mol. The van der Waals surface area contributed by atoms with Crippen LogP contribution < -0.4 is 9.47 Å². The summed E-state index contributed by atoms with van der Waals surface area (Å²) in [5.74, 6) is -0.225. The molecule has 80 valence electrons. The number of hydrogen-bond acceptors (Lipinski definition) is 3. The second kappa shape index (κ2) is 4.85. The number of ether oxygens (including phenoxy) is 2. The maximum atomic E-state index is 13.6. The molecule has 0 spiro atoms. The number of halogens is 2. The molecule has 0 amide bonds. The van der Waals surface area contributed by atoms with Gasteiger partial charge in [0.15, 0.2) is 5.82 Å². The lowest BCUT2D eigenvalue weighted by atomic mass is 10.1. The van der Waals surface area contributed by atoms with Crippen LogP contribution in [0.5, 0.6) is 11.5 Å². The van der Waals surface area contributed by atoms with Crippen molar-refractivity contribution in [3.05, 3.63) is 22.5 Å². The Kier molecular flexibility index (Phi) is 3.75. The summed E-state index contributed by atoms with van der Waals surface area (Å²) >= 11 is 5.70. The standard InChI is InChI=1S/C10H9ClFNO2/c1-14-7-5-8(15-2)9(11)10(12)6(7)3-4-13/h5H,3H2,1-2H3. The predicted octanol–water partition coefficient (Wildman–Crippen LogP) is 2.56. The Bertz CT molecular complexity index is 415. The topological polar surface area (TPSA) is 42.2 Å². The van der Waals surface area contributed by atoms with Gasteiger partial charge in [-0.2, -0.15) is 5.26 Å². The Balaban J connectivity index is 3.38. The average molecular weight is 230 g/mol. The summed E-state index contributed by atoms with van der Waals surface area (Å²) in [6.07, 6.45) is -0.0985. The van der Waals surface area contributed by atoms with E-state index in [1.165, 1.54) is 20.3 Å². The van der Waals surface area contributed by atoms with Crippen molar-refractivity contribution in [1.82, 2.24) is 0 Å². The Morgan fingerprint density at radius 2 is 2.00 bits per heavy atom. The van der Waals surface area contributed by atoms with E-state index in [2.05, 4.69) is 0 Å². The van der Waals surface area contributed by atoms with E-state index in [0.29, 0.717) is 0 Å². The van der Waals surface area contributed by atoms with Crippen molar-refractivity contribution in [3.8, 4) is 17.6 Å². The van der Waals surface area contributed by atoms with Gasteiger partial charge in [-0.3, -0.25) is 0 Å². The van der Waals surface area contributed by atoms with Gasteiger partial charge in [-0.25, -0.2) is 4.39 Å². The van der Waals surface area contributed by atoms with Gasteiger partial charge in [0, 0.05) is 11.6 Å². The van der Waals surface area contributed by atoms with Crippen LogP contribution in [0.3, 0.4) is 0 Å². The van der Waals surface area contributed by atoms with Crippen molar-refractivity contribution in [1.29, 1.82) is 5.26 Å². The molecule has 0 saturated heterocycles. The van der Waals surface area contributed by atoms with Crippen molar-refractivity contribution >= 4 is 11.6 Å². The van der Waals surface area contributed by atoms with Crippen LogP contribution in [-0.2, 0) is 6.42 Å². The van der Waals surface area contributed by atoms with E-state index in [-0.39, 0.29) is 28.5 Å². The highest BCUT2D eigenvalue weighted by molar-refractivity contribution is 6.32. The lowest BCUT2D eigenvalue weighted by molar-refractivity contribution is 0.385. The van der Waals surface area contributed by atoms with Crippen molar-refractivity contribution in [2.24, 2.45) is 0 Å². The molecule has 0 aromatic heterocycles. The van der Waals surface area contributed by atoms with E-state index >= 15 is 0 Å². The molecule has 0 fully saturated rings.